The maximum atomic E-state index is 10.0. The Hall–Kier alpha value is -0.480. The fourth-order valence-corrected chi connectivity index (χ4v) is 0.806. The average Bonchev–Trinajstić information content (AvgIpc) is 1.85. The first-order chi connectivity index (χ1) is 5.31. The molecule has 0 saturated carbocycles. The van der Waals surface area contributed by atoms with E-state index in [1.54, 1.807) is 0 Å². The number of hydrogen-bond donors (Lipinski definition) is 1. The first kappa shape index (κ1) is 11.5. The molecule has 0 aromatic carbocycles. The molecule has 0 aromatic heterocycles. The lowest BCUT2D eigenvalue weighted by Gasteiger charge is -2.36. The molecule has 12 heavy (non-hydrogen) atoms. The van der Waals surface area contributed by atoms with E-state index in [1.807, 2.05) is 34.6 Å². The van der Waals surface area contributed by atoms with E-state index >= 15 is 0 Å². The molecule has 0 aliphatic heterocycles. The van der Waals surface area contributed by atoms with Crippen LogP contribution in [0, 0.1) is 17.3 Å². The largest absolute Gasteiger partial charge is 0.390 e. The van der Waals surface area contributed by atoms with Crippen molar-refractivity contribution in [2.24, 2.45) is 5.41 Å². The summed E-state index contributed by atoms with van der Waals surface area (Å²) in [6.07, 6.45) is 1.53. The third-order valence-electron chi connectivity index (χ3n) is 2.53. The molecule has 70 valence electrons. The molecule has 0 amide bonds. The van der Waals surface area contributed by atoms with Crippen LogP contribution in [-0.4, -0.2) is 10.7 Å². The van der Waals surface area contributed by atoms with Gasteiger partial charge in [0.15, 0.2) is 0 Å². The van der Waals surface area contributed by atoms with Crippen LogP contribution in [0.1, 0.15) is 47.5 Å². The Morgan fingerprint density at radius 2 is 1.67 bits per heavy atom. The highest BCUT2D eigenvalue weighted by Gasteiger charge is 2.34. The van der Waals surface area contributed by atoms with Crippen LogP contribution in [0.15, 0.2) is 0 Å². The third kappa shape index (κ3) is 3.28. The molecule has 0 bridgehead atoms. The van der Waals surface area contributed by atoms with Gasteiger partial charge in [-0.15, -0.1) is 11.8 Å². The van der Waals surface area contributed by atoms with Crippen molar-refractivity contribution >= 4 is 0 Å². The molecule has 0 spiro atoms. The van der Waals surface area contributed by atoms with Gasteiger partial charge in [0.05, 0.1) is 5.60 Å². The maximum Gasteiger partial charge on any atom is 0.0676 e. The Kier molecular flexibility index (Phi) is 3.80. The molecule has 1 atom stereocenters. The van der Waals surface area contributed by atoms with E-state index in [0.29, 0.717) is 0 Å². The molecular formula is C11H20O. The minimum Gasteiger partial charge on any atom is -0.390 e. The number of aliphatic hydroxyl groups is 1. The van der Waals surface area contributed by atoms with Crippen molar-refractivity contribution in [3.8, 4) is 11.8 Å². The van der Waals surface area contributed by atoms with Crippen LogP contribution in [0.3, 0.4) is 0 Å². The summed E-state index contributed by atoms with van der Waals surface area (Å²) in [5.74, 6) is 5.80. The Balaban J connectivity index is 4.11. The number of hydrogen-bond acceptors (Lipinski definition) is 1. The van der Waals surface area contributed by atoms with Gasteiger partial charge < -0.3 is 5.11 Å². The van der Waals surface area contributed by atoms with Gasteiger partial charge >= 0.3 is 0 Å². The number of rotatable bonds is 2. The zero-order chi connectivity index (χ0) is 9.83. The maximum absolute atomic E-state index is 10.0. The minimum atomic E-state index is -0.614. The fourth-order valence-electron chi connectivity index (χ4n) is 0.806. The van der Waals surface area contributed by atoms with Gasteiger partial charge in [0.1, 0.15) is 0 Å². The van der Waals surface area contributed by atoms with Crippen molar-refractivity contribution in [3.05, 3.63) is 0 Å². The first-order valence-electron chi connectivity index (χ1n) is 4.43. The molecule has 0 fully saturated rings. The molecule has 1 heteroatoms. The van der Waals surface area contributed by atoms with Gasteiger partial charge in [-0.25, -0.2) is 0 Å². The summed E-state index contributed by atoms with van der Waals surface area (Å²) in [6, 6.07) is 0. The monoisotopic (exact) mass is 168 g/mol. The lowest BCUT2D eigenvalue weighted by atomic mass is 9.75. The Morgan fingerprint density at radius 1 is 1.17 bits per heavy atom. The summed E-state index contributed by atoms with van der Waals surface area (Å²) < 4.78 is 0. The predicted molar refractivity (Wildman–Crippen MR) is 52.8 cm³/mol. The smallest absolute Gasteiger partial charge is 0.0676 e. The Labute approximate surface area is 76.2 Å². The van der Waals surface area contributed by atoms with Gasteiger partial charge in [-0.05, 0) is 25.7 Å². The van der Waals surface area contributed by atoms with E-state index < -0.39 is 5.60 Å². The summed E-state index contributed by atoms with van der Waals surface area (Å²) >= 11 is 0. The molecule has 1 unspecified atom stereocenters. The minimum absolute atomic E-state index is 0.0670. The molecule has 0 saturated heterocycles. The van der Waals surface area contributed by atoms with E-state index in [1.165, 1.54) is 0 Å². The van der Waals surface area contributed by atoms with Gasteiger partial charge in [0.2, 0.25) is 0 Å². The molecule has 0 aliphatic carbocycles. The highest BCUT2D eigenvalue weighted by molar-refractivity contribution is 4.98. The molecular weight excluding hydrogens is 148 g/mol. The second kappa shape index (κ2) is 3.96. The van der Waals surface area contributed by atoms with E-state index in [-0.39, 0.29) is 5.41 Å². The zero-order valence-corrected chi connectivity index (χ0v) is 8.86. The molecule has 0 heterocycles. The Bertz CT molecular complexity index is 185. The van der Waals surface area contributed by atoms with Crippen molar-refractivity contribution in [3.63, 3.8) is 0 Å². The van der Waals surface area contributed by atoms with Crippen LogP contribution in [-0.2, 0) is 0 Å². The fraction of sp³-hybridized carbons (Fsp3) is 0.818. The molecule has 1 N–H and O–H groups in total. The third-order valence-corrected chi connectivity index (χ3v) is 2.53. The predicted octanol–water partition coefficient (Wildman–Crippen LogP) is 2.59. The quantitative estimate of drug-likeness (QED) is 0.628. The molecule has 0 radical (unpaired) electrons. The van der Waals surface area contributed by atoms with Gasteiger partial charge in [0.25, 0.3) is 0 Å². The molecule has 1 nitrogen and oxygen atoms in total. The average molecular weight is 168 g/mol. The zero-order valence-electron chi connectivity index (χ0n) is 8.86. The van der Waals surface area contributed by atoms with Crippen LogP contribution in [0.5, 0.6) is 0 Å². The second-order valence-corrected chi connectivity index (χ2v) is 4.45. The van der Waals surface area contributed by atoms with Crippen molar-refractivity contribution < 1.29 is 5.11 Å². The lowest BCUT2D eigenvalue weighted by Crippen LogP contribution is -2.39. The second-order valence-electron chi connectivity index (χ2n) is 4.45. The first-order valence-corrected chi connectivity index (χ1v) is 4.43. The van der Waals surface area contributed by atoms with Crippen molar-refractivity contribution in [2.75, 3.05) is 0 Å². The van der Waals surface area contributed by atoms with Gasteiger partial charge in [-0.2, -0.15) is 0 Å². The van der Waals surface area contributed by atoms with E-state index in [9.17, 15) is 5.11 Å². The van der Waals surface area contributed by atoms with Gasteiger partial charge in [0, 0.05) is 6.42 Å². The van der Waals surface area contributed by atoms with Crippen molar-refractivity contribution in [1.29, 1.82) is 0 Å². The summed E-state index contributed by atoms with van der Waals surface area (Å²) in [5, 5.41) is 10.0. The van der Waals surface area contributed by atoms with Gasteiger partial charge in [-0.1, -0.05) is 20.8 Å². The van der Waals surface area contributed by atoms with Crippen molar-refractivity contribution in [2.45, 2.75) is 53.1 Å². The SMILES string of the molecule is CC#CCCC(C)(O)C(C)(C)C. The van der Waals surface area contributed by atoms with Crippen LogP contribution in [0.4, 0.5) is 0 Å². The summed E-state index contributed by atoms with van der Waals surface area (Å²) in [5.41, 5.74) is -0.681. The van der Waals surface area contributed by atoms with Crippen LogP contribution < -0.4 is 0 Å². The van der Waals surface area contributed by atoms with E-state index in [0.717, 1.165) is 12.8 Å². The Morgan fingerprint density at radius 3 is 2.00 bits per heavy atom. The highest BCUT2D eigenvalue weighted by atomic mass is 16.3. The molecule has 0 aliphatic rings. The molecule has 0 rings (SSSR count). The van der Waals surface area contributed by atoms with E-state index in [4.69, 9.17) is 0 Å². The van der Waals surface area contributed by atoms with Crippen LogP contribution in [0.25, 0.3) is 0 Å². The highest BCUT2D eigenvalue weighted by Crippen LogP contribution is 2.33. The lowest BCUT2D eigenvalue weighted by molar-refractivity contribution is -0.0467. The summed E-state index contributed by atoms with van der Waals surface area (Å²) in [4.78, 5) is 0. The molecule has 0 aromatic rings. The normalized spacial score (nSPS) is 16.2. The van der Waals surface area contributed by atoms with Gasteiger partial charge in [-0.3, -0.25) is 0 Å². The van der Waals surface area contributed by atoms with E-state index in [2.05, 4.69) is 11.8 Å². The summed E-state index contributed by atoms with van der Waals surface area (Å²) in [7, 11) is 0. The van der Waals surface area contributed by atoms with Crippen molar-refractivity contribution in [1.82, 2.24) is 0 Å². The van der Waals surface area contributed by atoms with Crippen LogP contribution in [0.2, 0.25) is 0 Å². The topological polar surface area (TPSA) is 20.2 Å². The van der Waals surface area contributed by atoms with Crippen LogP contribution >= 0.6 is 0 Å². The summed E-state index contributed by atoms with van der Waals surface area (Å²) in [6.45, 7) is 9.85. The standard InChI is InChI=1S/C11H20O/c1-6-7-8-9-11(5,12)10(2,3)4/h12H,8-9H2,1-5H3.